The lowest BCUT2D eigenvalue weighted by atomic mass is 9.96. The van der Waals surface area contributed by atoms with Crippen LogP contribution in [0.15, 0.2) is 39.7 Å². The Kier molecular flexibility index (Phi) is 8.24. The summed E-state index contributed by atoms with van der Waals surface area (Å²) in [5.41, 5.74) is 0.382. The van der Waals surface area contributed by atoms with Crippen LogP contribution in [-0.4, -0.2) is 54.0 Å². The minimum absolute atomic E-state index is 0. The zero-order valence-electron chi connectivity index (χ0n) is 18.2. The van der Waals surface area contributed by atoms with Gasteiger partial charge in [-0.25, -0.2) is 4.99 Å². The predicted octanol–water partition coefficient (Wildman–Crippen LogP) is 2.57. The summed E-state index contributed by atoms with van der Waals surface area (Å²) in [6.45, 7) is 8.57. The fraction of sp³-hybridized carbons (Fsp3) is 0.409. The zero-order valence-corrected chi connectivity index (χ0v) is 20.5. The molecule has 1 aliphatic rings. The van der Waals surface area contributed by atoms with Gasteiger partial charge in [0.1, 0.15) is 17.1 Å². The monoisotopic (exact) mass is 540 g/mol. The summed E-state index contributed by atoms with van der Waals surface area (Å²) in [7, 11) is 0. The molecule has 1 aliphatic heterocycles. The summed E-state index contributed by atoms with van der Waals surface area (Å²) >= 11 is 0. The Hall–Kier alpha value is -2.40. The summed E-state index contributed by atoms with van der Waals surface area (Å²) in [6.07, 6.45) is 0. The van der Waals surface area contributed by atoms with E-state index in [1.165, 1.54) is 4.90 Å². The number of aliphatic imine (C=N–C) groups is 1. The minimum atomic E-state index is -1.19. The first kappa shape index (κ1) is 24.9. The highest BCUT2D eigenvalue weighted by Crippen LogP contribution is 2.27. The molecule has 168 valence electrons. The number of fused-ring (bicyclic) bond motifs is 1. The molecular formula is C22H29IN4O4. The third-order valence-electron chi connectivity index (χ3n) is 5.02. The van der Waals surface area contributed by atoms with Crippen molar-refractivity contribution < 1.29 is 19.1 Å². The van der Waals surface area contributed by atoms with E-state index in [0.29, 0.717) is 41.5 Å². The number of aliphatic hydroxyl groups is 1. The van der Waals surface area contributed by atoms with Gasteiger partial charge in [0.25, 0.3) is 11.8 Å². The standard InChI is InChI=1S/C22H28N4O4.HI/c1-5-23-21(25-13-22(4,29)18-12-14(2)30-15(18)3)24-10-11-26-19(27)16-8-6-7-9-17(16)20(26)28;/h6-9,12,29H,5,10-11,13H2,1-4H3,(H2,23,24,25);1H. The topological polar surface area (TPSA) is 107 Å². The van der Waals surface area contributed by atoms with Crippen molar-refractivity contribution in [3.05, 3.63) is 58.5 Å². The smallest absolute Gasteiger partial charge is 0.261 e. The van der Waals surface area contributed by atoms with Crippen molar-refractivity contribution in [3.63, 3.8) is 0 Å². The molecule has 31 heavy (non-hydrogen) atoms. The van der Waals surface area contributed by atoms with E-state index in [0.717, 1.165) is 5.76 Å². The van der Waals surface area contributed by atoms with E-state index in [4.69, 9.17) is 4.42 Å². The SMILES string of the molecule is CCNC(=NCC(C)(O)c1cc(C)oc1C)NCCN1C(=O)c2ccccc2C1=O.I. The number of nitrogens with zero attached hydrogens (tertiary/aromatic N) is 2. The Morgan fingerprint density at radius 2 is 1.77 bits per heavy atom. The number of aryl methyl sites for hydroxylation is 2. The molecule has 1 aromatic carbocycles. The Bertz CT molecular complexity index is 949. The maximum atomic E-state index is 12.4. The molecule has 2 aromatic rings. The quantitative estimate of drug-likeness (QED) is 0.216. The van der Waals surface area contributed by atoms with E-state index in [-0.39, 0.29) is 48.9 Å². The van der Waals surface area contributed by atoms with Crippen LogP contribution in [0.5, 0.6) is 0 Å². The van der Waals surface area contributed by atoms with Gasteiger partial charge in [0.15, 0.2) is 5.96 Å². The fourth-order valence-corrected chi connectivity index (χ4v) is 3.55. The molecule has 0 spiro atoms. The molecule has 0 radical (unpaired) electrons. The van der Waals surface area contributed by atoms with Gasteiger partial charge in [-0.2, -0.15) is 0 Å². The number of hydrogen-bond acceptors (Lipinski definition) is 5. The second kappa shape index (κ2) is 10.3. The van der Waals surface area contributed by atoms with Crippen molar-refractivity contribution in [2.45, 2.75) is 33.3 Å². The third-order valence-corrected chi connectivity index (χ3v) is 5.02. The summed E-state index contributed by atoms with van der Waals surface area (Å²) in [5.74, 6) is 1.32. The second-order valence-corrected chi connectivity index (χ2v) is 7.53. The molecule has 2 heterocycles. The molecule has 1 aromatic heterocycles. The van der Waals surface area contributed by atoms with Crippen molar-refractivity contribution in [2.24, 2.45) is 4.99 Å². The van der Waals surface area contributed by atoms with Gasteiger partial charge in [0.05, 0.1) is 17.7 Å². The lowest BCUT2D eigenvalue weighted by Gasteiger charge is -2.22. The van der Waals surface area contributed by atoms with E-state index in [9.17, 15) is 14.7 Å². The molecule has 2 amide bonds. The zero-order chi connectivity index (χ0) is 21.9. The Balaban J connectivity index is 0.00000341. The van der Waals surface area contributed by atoms with E-state index in [2.05, 4.69) is 15.6 Å². The van der Waals surface area contributed by atoms with Crippen LogP contribution in [0.4, 0.5) is 0 Å². The van der Waals surface area contributed by atoms with Crippen molar-refractivity contribution in [2.75, 3.05) is 26.2 Å². The molecule has 3 rings (SSSR count). The molecule has 1 unspecified atom stereocenters. The third kappa shape index (κ3) is 5.45. The van der Waals surface area contributed by atoms with Gasteiger partial charge in [-0.15, -0.1) is 24.0 Å². The van der Waals surface area contributed by atoms with Gasteiger partial charge in [0, 0.05) is 25.2 Å². The van der Waals surface area contributed by atoms with Crippen LogP contribution in [0.2, 0.25) is 0 Å². The number of furan rings is 1. The van der Waals surface area contributed by atoms with Crippen LogP contribution in [0.1, 0.15) is 51.6 Å². The lowest BCUT2D eigenvalue weighted by molar-refractivity contribution is 0.0653. The van der Waals surface area contributed by atoms with Crippen LogP contribution in [-0.2, 0) is 5.60 Å². The van der Waals surface area contributed by atoms with Gasteiger partial charge < -0.3 is 20.2 Å². The summed E-state index contributed by atoms with van der Waals surface area (Å²) in [4.78, 5) is 30.6. The summed E-state index contributed by atoms with van der Waals surface area (Å²) < 4.78 is 5.51. The average molecular weight is 540 g/mol. The number of benzene rings is 1. The number of rotatable bonds is 7. The molecule has 3 N–H and O–H groups in total. The maximum absolute atomic E-state index is 12.4. The number of carbonyl (C=O) groups excluding carboxylic acids is 2. The van der Waals surface area contributed by atoms with E-state index < -0.39 is 5.60 Å². The highest BCUT2D eigenvalue weighted by molar-refractivity contribution is 14.0. The Morgan fingerprint density at radius 1 is 1.16 bits per heavy atom. The fourth-order valence-electron chi connectivity index (χ4n) is 3.55. The van der Waals surface area contributed by atoms with E-state index in [1.54, 1.807) is 31.2 Å². The van der Waals surface area contributed by atoms with Gasteiger partial charge in [-0.05, 0) is 45.9 Å². The molecule has 9 heteroatoms. The average Bonchev–Trinajstić information content (AvgIpc) is 3.18. The van der Waals surface area contributed by atoms with Crippen molar-refractivity contribution >= 4 is 41.8 Å². The normalized spacial score (nSPS) is 15.4. The Labute approximate surface area is 199 Å². The highest BCUT2D eigenvalue weighted by atomic mass is 127. The highest BCUT2D eigenvalue weighted by Gasteiger charge is 2.34. The molecule has 0 aliphatic carbocycles. The number of nitrogens with one attached hydrogen (secondary N) is 2. The summed E-state index contributed by atoms with van der Waals surface area (Å²) in [6, 6.07) is 8.63. The van der Waals surface area contributed by atoms with Gasteiger partial charge in [-0.3, -0.25) is 14.5 Å². The van der Waals surface area contributed by atoms with Gasteiger partial charge >= 0.3 is 0 Å². The van der Waals surface area contributed by atoms with E-state index in [1.807, 2.05) is 26.8 Å². The second-order valence-electron chi connectivity index (χ2n) is 7.53. The molecule has 1 atom stereocenters. The first-order valence-corrected chi connectivity index (χ1v) is 10.0. The largest absolute Gasteiger partial charge is 0.466 e. The van der Waals surface area contributed by atoms with Crippen molar-refractivity contribution in [1.82, 2.24) is 15.5 Å². The van der Waals surface area contributed by atoms with Crippen LogP contribution in [0.3, 0.4) is 0 Å². The predicted molar refractivity (Wildman–Crippen MR) is 129 cm³/mol. The first-order chi connectivity index (χ1) is 14.2. The van der Waals surface area contributed by atoms with Crippen molar-refractivity contribution in [3.8, 4) is 0 Å². The molecular weight excluding hydrogens is 511 g/mol. The molecule has 8 nitrogen and oxygen atoms in total. The number of hydrogen-bond donors (Lipinski definition) is 3. The number of imide groups is 1. The van der Waals surface area contributed by atoms with Crippen LogP contribution >= 0.6 is 24.0 Å². The van der Waals surface area contributed by atoms with Gasteiger partial charge in [0.2, 0.25) is 0 Å². The van der Waals surface area contributed by atoms with Gasteiger partial charge in [-0.1, -0.05) is 12.1 Å². The molecule has 0 bridgehead atoms. The van der Waals surface area contributed by atoms with Crippen LogP contribution in [0.25, 0.3) is 0 Å². The minimum Gasteiger partial charge on any atom is -0.466 e. The number of amides is 2. The molecule has 0 saturated heterocycles. The molecule has 0 saturated carbocycles. The number of carbonyl (C=O) groups is 2. The van der Waals surface area contributed by atoms with Crippen molar-refractivity contribution in [1.29, 1.82) is 0 Å². The Morgan fingerprint density at radius 3 is 2.29 bits per heavy atom. The lowest BCUT2D eigenvalue weighted by Crippen LogP contribution is -2.43. The molecule has 0 fully saturated rings. The maximum Gasteiger partial charge on any atom is 0.261 e. The number of halogens is 1. The number of guanidine groups is 1. The first-order valence-electron chi connectivity index (χ1n) is 10.0. The summed E-state index contributed by atoms with van der Waals surface area (Å²) in [5, 5.41) is 17.1. The van der Waals surface area contributed by atoms with Crippen LogP contribution < -0.4 is 10.6 Å². The van der Waals surface area contributed by atoms with Crippen LogP contribution in [0, 0.1) is 13.8 Å². The van der Waals surface area contributed by atoms with E-state index >= 15 is 0 Å².